The summed E-state index contributed by atoms with van der Waals surface area (Å²) < 4.78 is 18.5. The molecule has 0 aliphatic carbocycles. The number of aromatic nitrogens is 2. The summed E-state index contributed by atoms with van der Waals surface area (Å²) in [7, 11) is 0. The van der Waals surface area contributed by atoms with Gasteiger partial charge in [0.15, 0.2) is 5.82 Å². The van der Waals surface area contributed by atoms with E-state index in [2.05, 4.69) is 20.4 Å². The SMILES string of the molecule is CCOc1ccc(-c2ccc(N3CCN(C(=O)Nc4ccc(F)cc4)CC3)nn2)cc1. The van der Waals surface area contributed by atoms with Crippen molar-refractivity contribution < 1.29 is 13.9 Å². The van der Waals surface area contributed by atoms with Gasteiger partial charge >= 0.3 is 6.03 Å². The maximum Gasteiger partial charge on any atom is 0.321 e. The molecule has 2 aromatic carbocycles. The Kier molecular flexibility index (Phi) is 6.26. The Morgan fingerprint density at radius 1 is 0.968 bits per heavy atom. The first-order valence-electron chi connectivity index (χ1n) is 10.3. The Hall–Kier alpha value is -3.68. The molecule has 2 amide bonds. The van der Waals surface area contributed by atoms with Crippen LogP contribution in [-0.2, 0) is 0 Å². The summed E-state index contributed by atoms with van der Waals surface area (Å²) in [5, 5.41) is 11.5. The second kappa shape index (κ2) is 9.42. The zero-order chi connectivity index (χ0) is 21.6. The molecule has 4 rings (SSSR count). The Morgan fingerprint density at radius 3 is 2.29 bits per heavy atom. The van der Waals surface area contributed by atoms with Crippen LogP contribution in [0.25, 0.3) is 11.3 Å². The molecule has 7 nitrogen and oxygen atoms in total. The molecule has 1 aromatic heterocycles. The minimum absolute atomic E-state index is 0.191. The van der Waals surface area contributed by atoms with Crippen LogP contribution in [0, 0.1) is 5.82 Å². The Labute approximate surface area is 180 Å². The molecule has 0 atom stereocenters. The van der Waals surface area contributed by atoms with Crippen LogP contribution in [0.1, 0.15) is 6.92 Å². The van der Waals surface area contributed by atoms with E-state index in [1.807, 2.05) is 43.3 Å². The third kappa shape index (κ3) is 5.09. The van der Waals surface area contributed by atoms with E-state index in [0.717, 1.165) is 22.8 Å². The average Bonchev–Trinajstić information content (AvgIpc) is 2.81. The normalized spacial score (nSPS) is 13.7. The van der Waals surface area contributed by atoms with Gasteiger partial charge < -0.3 is 19.9 Å². The van der Waals surface area contributed by atoms with Crippen molar-refractivity contribution in [2.75, 3.05) is 43.0 Å². The van der Waals surface area contributed by atoms with Gasteiger partial charge in [-0.3, -0.25) is 0 Å². The van der Waals surface area contributed by atoms with Crippen LogP contribution < -0.4 is 15.0 Å². The molecule has 0 unspecified atom stereocenters. The number of amides is 2. The van der Waals surface area contributed by atoms with E-state index in [1.54, 1.807) is 17.0 Å². The van der Waals surface area contributed by atoms with Crippen molar-refractivity contribution in [1.29, 1.82) is 0 Å². The number of piperazine rings is 1. The number of urea groups is 1. The van der Waals surface area contributed by atoms with E-state index in [4.69, 9.17) is 4.74 Å². The van der Waals surface area contributed by atoms with E-state index in [0.29, 0.717) is 38.5 Å². The van der Waals surface area contributed by atoms with Gasteiger partial charge in [-0.2, -0.15) is 0 Å². The van der Waals surface area contributed by atoms with Crippen LogP contribution in [0.3, 0.4) is 0 Å². The number of carbonyl (C=O) groups excluding carboxylic acids is 1. The van der Waals surface area contributed by atoms with Gasteiger partial charge in [0.2, 0.25) is 0 Å². The molecular formula is C23H24FN5O2. The molecule has 31 heavy (non-hydrogen) atoms. The molecule has 3 aromatic rings. The Bertz CT molecular complexity index is 1000. The number of rotatable bonds is 5. The summed E-state index contributed by atoms with van der Waals surface area (Å²) in [4.78, 5) is 16.3. The van der Waals surface area contributed by atoms with Crippen LogP contribution in [0.5, 0.6) is 5.75 Å². The standard InChI is InChI=1S/C23H24FN5O2/c1-2-31-20-9-3-17(4-10-20)21-11-12-22(27-26-21)28-13-15-29(16-14-28)23(30)25-19-7-5-18(24)6-8-19/h3-12H,2,13-16H2,1H3,(H,25,30). The number of carbonyl (C=O) groups is 1. The first-order chi connectivity index (χ1) is 15.1. The van der Waals surface area contributed by atoms with Crippen LogP contribution in [0.4, 0.5) is 20.7 Å². The Balaban J connectivity index is 1.32. The van der Waals surface area contributed by atoms with Crippen LogP contribution in [0.15, 0.2) is 60.7 Å². The largest absolute Gasteiger partial charge is 0.494 e. The second-order valence-electron chi connectivity index (χ2n) is 7.15. The number of nitrogens with zero attached hydrogens (tertiary/aromatic N) is 4. The van der Waals surface area contributed by atoms with Gasteiger partial charge in [0, 0.05) is 37.4 Å². The maximum absolute atomic E-state index is 13.0. The van der Waals surface area contributed by atoms with E-state index in [9.17, 15) is 9.18 Å². The van der Waals surface area contributed by atoms with Crippen molar-refractivity contribution >= 4 is 17.5 Å². The fraction of sp³-hybridized carbons (Fsp3) is 0.261. The third-order valence-electron chi connectivity index (χ3n) is 5.10. The smallest absolute Gasteiger partial charge is 0.321 e. The number of halogens is 1. The van der Waals surface area contributed by atoms with Gasteiger partial charge in [-0.15, -0.1) is 10.2 Å². The monoisotopic (exact) mass is 421 g/mol. The molecule has 0 bridgehead atoms. The van der Waals surface area contributed by atoms with E-state index < -0.39 is 0 Å². The maximum atomic E-state index is 13.0. The predicted octanol–water partition coefficient (Wildman–Crippen LogP) is 4.04. The fourth-order valence-corrected chi connectivity index (χ4v) is 3.41. The number of hydrogen-bond acceptors (Lipinski definition) is 5. The fourth-order valence-electron chi connectivity index (χ4n) is 3.41. The highest BCUT2D eigenvalue weighted by Gasteiger charge is 2.22. The summed E-state index contributed by atoms with van der Waals surface area (Å²) >= 11 is 0. The molecule has 0 saturated carbocycles. The lowest BCUT2D eigenvalue weighted by molar-refractivity contribution is 0.208. The van der Waals surface area contributed by atoms with Gasteiger partial charge in [0.25, 0.3) is 0 Å². The lowest BCUT2D eigenvalue weighted by Gasteiger charge is -2.35. The molecule has 1 aliphatic heterocycles. The molecule has 1 saturated heterocycles. The summed E-state index contributed by atoms with van der Waals surface area (Å²) in [6, 6.07) is 17.2. The molecule has 0 spiro atoms. The summed E-state index contributed by atoms with van der Waals surface area (Å²) in [6.45, 7) is 5.04. The van der Waals surface area contributed by atoms with Gasteiger partial charge in [0.1, 0.15) is 11.6 Å². The average molecular weight is 421 g/mol. The van der Waals surface area contributed by atoms with Gasteiger partial charge in [-0.1, -0.05) is 0 Å². The highest BCUT2D eigenvalue weighted by atomic mass is 19.1. The Morgan fingerprint density at radius 2 is 1.68 bits per heavy atom. The van der Waals surface area contributed by atoms with Crippen LogP contribution >= 0.6 is 0 Å². The zero-order valence-electron chi connectivity index (χ0n) is 17.3. The van der Waals surface area contributed by atoms with Crippen molar-refractivity contribution in [1.82, 2.24) is 15.1 Å². The molecule has 8 heteroatoms. The lowest BCUT2D eigenvalue weighted by atomic mass is 10.1. The number of nitrogens with one attached hydrogen (secondary N) is 1. The minimum atomic E-state index is -0.332. The number of anilines is 2. The van der Waals surface area contributed by atoms with Crippen LogP contribution in [0.2, 0.25) is 0 Å². The summed E-state index contributed by atoms with van der Waals surface area (Å²) in [5.74, 6) is 1.28. The molecule has 160 valence electrons. The number of benzene rings is 2. The second-order valence-corrected chi connectivity index (χ2v) is 7.15. The van der Waals surface area contributed by atoms with Crippen molar-refractivity contribution in [3.8, 4) is 17.0 Å². The van der Waals surface area contributed by atoms with E-state index in [1.165, 1.54) is 12.1 Å². The molecule has 0 radical (unpaired) electrons. The van der Waals surface area contributed by atoms with Crippen molar-refractivity contribution in [3.05, 3.63) is 66.5 Å². The molecular weight excluding hydrogens is 397 g/mol. The van der Waals surface area contributed by atoms with Crippen LogP contribution in [-0.4, -0.2) is 53.9 Å². The first-order valence-corrected chi connectivity index (χ1v) is 10.3. The molecule has 1 N–H and O–H groups in total. The number of ether oxygens (including phenoxy) is 1. The van der Waals surface area contributed by atoms with Crippen molar-refractivity contribution in [2.45, 2.75) is 6.92 Å². The highest BCUT2D eigenvalue weighted by molar-refractivity contribution is 5.89. The first kappa shape index (κ1) is 20.6. The third-order valence-corrected chi connectivity index (χ3v) is 5.10. The van der Waals surface area contributed by atoms with Gasteiger partial charge in [-0.05, 0) is 67.6 Å². The quantitative estimate of drug-likeness (QED) is 0.673. The van der Waals surface area contributed by atoms with E-state index in [-0.39, 0.29) is 11.8 Å². The van der Waals surface area contributed by atoms with Crippen molar-refractivity contribution in [2.24, 2.45) is 0 Å². The predicted molar refractivity (Wildman–Crippen MR) is 118 cm³/mol. The summed E-state index contributed by atoms with van der Waals surface area (Å²) in [5.41, 5.74) is 2.35. The zero-order valence-corrected chi connectivity index (χ0v) is 17.3. The van der Waals surface area contributed by atoms with Gasteiger partial charge in [-0.25, -0.2) is 9.18 Å². The molecule has 1 fully saturated rings. The lowest BCUT2D eigenvalue weighted by Crippen LogP contribution is -2.50. The minimum Gasteiger partial charge on any atom is -0.494 e. The summed E-state index contributed by atoms with van der Waals surface area (Å²) in [6.07, 6.45) is 0. The van der Waals surface area contributed by atoms with Crippen molar-refractivity contribution in [3.63, 3.8) is 0 Å². The topological polar surface area (TPSA) is 70.6 Å². The molecule has 1 aliphatic rings. The number of hydrogen-bond donors (Lipinski definition) is 1. The highest BCUT2D eigenvalue weighted by Crippen LogP contribution is 2.22. The van der Waals surface area contributed by atoms with E-state index >= 15 is 0 Å². The molecule has 2 heterocycles. The van der Waals surface area contributed by atoms with Gasteiger partial charge in [0.05, 0.1) is 12.3 Å².